The second-order valence-electron chi connectivity index (χ2n) is 20.4. The number of rotatable bonds is 25. The molecule has 0 aromatic heterocycles. The van der Waals surface area contributed by atoms with E-state index in [9.17, 15) is 56.0 Å². The normalized spacial score (nSPS) is 16.2. The summed E-state index contributed by atoms with van der Waals surface area (Å²) in [5.41, 5.74) is 0.143. The van der Waals surface area contributed by atoms with E-state index in [2.05, 4.69) is 12.1 Å². The number of amides is 4. The lowest BCUT2D eigenvalue weighted by atomic mass is 9.91. The maximum absolute atomic E-state index is 14.7. The molecule has 0 radical (unpaired) electrons. The van der Waals surface area contributed by atoms with Gasteiger partial charge in [-0.25, -0.2) is 19.2 Å². The van der Waals surface area contributed by atoms with Gasteiger partial charge in [-0.15, -0.1) is 0 Å². The van der Waals surface area contributed by atoms with Gasteiger partial charge in [0.1, 0.15) is 13.2 Å². The van der Waals surface area contributed by atoms with E-state index >= 15 is 0 Å². The van der Waals surface area contributed by atoms with Crippen LogP contribution in [0.5, 0.6) is 0 Å². The lowest BCUT2D eigenvalue weighted by Gasteiger charge is -2.43. The predicted molar refractivity (Wildman–Crippen MR) is 290 cm³/mol. The van der Waals surface area contributed by atoms with Gasteiger partial charge in [-0.2, -0.15) is 36.9 Å². The van der Waals surface area contributed by atoms with Crippen LogP contribution in [0.15, 0.2) is 120 Å². The number of anilines is 2. The number of unbranched alkanes of at least 4 members (excludes halogenated alkanes) is 9. The zero-order valence-corrected chi connectivity index (χ0v) is 46.0. The molecule has 426 valence electrons. The minimum absolute atomic E-state index is 0.0186. The highest BCUT2D eigenvalue weighted by Gasteiger charge is 2.45. The molecule has 2 heterocycles. The van der Waals surface area contributed by atoms with Gasteiger partial charge in [0.25, 0.3) is 0 Å². The molecule has 2 aliphatic rings. The Bertz CT molecular complexity index is 2760. The fraction of sp³-hybridized carbons (Fsp3) is 0.433. The van der Waals surface area contributed by atoms with Crippen LogP contribution in [-0.4, -0.2) is 111 Å². The van der Waals surface area contributed by atoms with Crippen LogP contribution in [-0.2, 0) is 31.4 Å². The highest BCUT2D eigenvalue weighted by molar-refractivity contribution is 6.04. The number of hydrogen-bond acceptors (Lipinski definition) is 10. The minimum atomic E-state index is -4.70. The minimum Gasteiger partial charge on any atom is -0.461 e. The van der Waals surface area contributed by atoms with Gasteiger partial charge in [0.05, 0.1) is 69.0 Å². The maximum atomic E-state index is 14.7. The first-order valence-corrected chi connectivity index (χ1v) is 26.7. The molecule has 0 saturated heterocycles. The molecular weight excluding hydrogens is 1040 g/mol. The van der Waals surface area contributed by atoms with Crippen LogP contribution in [0.4, 0.5) is 47.3 Å². The maximum Gasteiger partial charge on any atom is 0.416 e. The van der Waals surface area contributed by atoms with Gasteiger partial charge in [0.15, 0.2) is 0 Å². The molecule has 2 aliphatic heterocycles. The van der Waals surface area contributed by atoms with Gasteiger partial charge in [0, 0.05) is 37.6 Å². The number of esters is 2. The molecule has 2 atom stereocenters. The standard InChI is InChI=1S/C60H68F6N8O6/c1-41-51(55(75)79-35-33-69(3)4)53(45-27-23-43(39-67)24-28-45)71(57(77)73(41)49-21-17-19-47(37-49)59(61,62)63)31-15-13-11-9-7-8-10-12-14-16-32-72-54(46-29-25-44(40-68)26-30-46)52(56(76)80-36-34-70(5)6)42(2)74(58(72)78)50-22-18-20-48(38-50)60(64,65)66/h17-30,37-38,53-54H,7-16,31-36H2,1-6H3/t53-,54-/m1/s1. The summed E-state index contributed by atoms with van der Waals surface area (Å²) in [7, 11) is 7.25. The fourth-order valence-corrected chi connectivity index (χ4v) is 9.88. The number of hydrogen-bond donors (Lipinski definition) is 0. The molecule has 80 heavy (non-hydrogen) atoms. The topological polar surface area (TPSA) is 154 Å². The van der Waals surface area contributed by atoms with Gasteiger partial charge in [0.2, 0.25) is 0 Å². The summed E-state index contributed by atoms with van der Waals surface area (Å²) in [6.45, 7) is 4.17. The van der Waals surface area contributed by atoms with Crippen LogP contribution < -0.4 is 9.80 Å². The molecule has 0 saturated carbocycles. The lowest BCUT2D eigenvalue weighted by Crippen LogP contribution is -2.51. The molecule has 0 spiro atoms. The van der Waals surface area contributed by atoms with E-state index in [-0.39, 0.29) is 60.2 Å². The third-order valence-electron chi connectivity index (χ3n) is 14.1. The Balaban J connectivity index is 1.11. The van der Waals surface area contributed by atoms with Gasteiger partial charge in [-0.3, -0.25) is 9.80 Å². The van der Waals surface area contributed by atoms with E-state index in [0.717, 1.165) is 72.6 Å². The van der Waals surface area contributed by atoms with Gasteiger partial charge < -0.3 is 29.1 Å². The second-order valence-corrected chi connectivity index (χ2v) is 20.4. The van der Waals surface area contributed by atoms with Crippen molar-refractivity contribution in [1.82, 2.24) is 19.6 Å². The van der Waals surface area contributed by atoms with Crippen LogP contribution in [0.3, 0.4) is 0 Å². The first-order chi connectivity index (χ1) is 38.1. The summed E-state index contributed by atoms with van der Waals surface area (Å²) in [5.74, 6) is -1.45. The number of likely N-dealkylation sites (N-methyl/N-ethyl adjacent to an activating group) is 2. The lowest BCUT2D eigenvalue weighted by molar-refractivity contribution is -0.141. The molecule has 0 aliphatic carbocycles. The van der Waals surface area contributed by atoms with E-state index < -0.39 is 59.6 Å². The van der Waals surface area contributed by atoms with Crippen molar-refractivity contribution in [2.75, 3.05) is 77.4 Å². The number of carbonyl (C=O) groups is 4. The van der Waals surface area contributed by atoms with E-state index in [4.69, 9.17) is 9.47 Å². The molecule has 20 heteroatoms. The van der Waals surface area contributed by atoms with Crippen LogP contribution in [0.2, 0.25) is 0 Å². The van der Waals surface area contributed by atoms with Crippen molar-refractivity contribution in [2.45, 2.75) is 102 Å². The summed E-state index contributed by atoms with van der Waals surface area (Å²) >= 11 is 0. The van der Waals surface area contributed by atoms with Crippen molar-refractivity contribution in [3.8, 4) is 12.1 Å². The van der Waals surface area contributed by atoms with Gasteiger partial charge in [-0.1, -0.05) is 87.8 Å². The smallest absolute Gasteiger partial charge is 0.416 e. The van der Waals surface area contributed by atoms with Crippen molar-refractivity contribution in [3.05, 3.63) is 153 Å². The van der Waals surface area contributed by atoms with Crippen LogP contribution in [0, 0.1) is 22.7 Å². The molecular formula is C60H68F6N8O6. The number of carbonyl (C=O) groups excluding carboxylic acids is 4. The SMILES string of the molecule is CC1=C(C(=O)OCCN(C)C)[C@@H](c2ccc(C#N)cc2)N(CCCCCCCCCCCCN2C(=O)N(c3cccc(C(F)(F)F)c3)C(C)=C(C(=O)OCCN(C)C)[C@H]2c2ccc(C#N)cc2)C(=O)N1c1cccc(C(F)(F)F)c1. The Kier molecular flexibility index (Phi) is 21.5. The van der Waals surface area contributed by atoms with E-state index in [0.29, 0.717) is 61.0 Å². The average Bonchev–Trinajstić information content (AvgIpc) is 3.51. The zero-order valence-electron chi connectivity index (χ0n) is 46.0. The summed E-state index contributed by atoms with van der Waals surface area (Å²) < 4.78 is 95.4. The first-order valence-electron chi connectivity index (χ1n) is 26.7. The van der Waals surface area contributed by atoms with E-state index in [1.807, 2.05) is 38.0 Å². The van der Waals surface area contributed by atoms with Crippen molar-refractivity contribution >= 4 is 35.4 Å². The van der Waals surface area contributed by atoms with Crippen LogP contribution in [0.25, 0.3) is 0 Å². The summed E-state index contributed by atoms with van der Waals surface area (Å²) in [5, 5.41) is 19.1. The number of urea groups is 2. The number of allylic oxidation sites excluding steroid dienone is 2. The highest BCUT2D eigenvalue weighted by Crippen LogP contribution is 2.44. The number of ether oxygens (including phenoxy) is 2. The zero-order chi connectivity index (χ0) is 58.3. The summed E-state index contributed by atoms with van der Waals surface area (Å²) in [6.07, 6.45) is -1.87. The molecule has 0 N–H and O–H groups in total. The molecule has 0 fully saturated rings. The summed E-state index contributed by atoms with van der Waals surface area (Å²) in [4.78, 5) is 66.4. The molecule has 4 aromatic rings. The third-order valence-corrected chi connectivity index (χ3v) is 14.1. The molecule has 4 amide bonds. The van der Waals surface area contributed by atoms with E-state index in [1.54, 1.807) is 48.5 Å². The molecule has 6 rings (SSSR count). The van der Waals surface area contributed by atoms with Crippen LogP contribution in [0.1, 0.15) is 124 Å². The number of nitrogens with zero attached hydrogens (tertiary/aromatic N) is 8. The second kappa shape index (κ2) is 28.0. The Labute approximate surface area is 464 Å². The van der Waals surface area contributed by atoms with Gasteiger partial charge in [-0.05, 0) is 127 Å². The van der Waals surface area contributed by atoms with Gasteiger partial charge >= 0.3 is 36.4 Å². The molecule has 4 aromatic carbocycles. The average molecular weight is 1110 g/mol. The van der Waals surface area contributed by atoms with Crippen molar-refractivity contribution in [3.63, 3.8) is 0 Å². The third kappa shape index (κ3) is 15.6. The number of benzene rings is 4. The summed E-state index contributed by atoms with van der Waals surface area (Å²) in [6, 6.07) is 22.7. The monoisotopic (exact) mass is 1110 g/mol. The Morgan fingerprint density at radius 3 is 1.15 bits per heavy atom. The largest absolute Gasteiger partial charge is 0.461 e. The molecule has 14 nitrogen and oxygen atoms in total. The van der Waals surface area contributed by atoms with Crippen LogP contribution >= 0.6 is 0 Å². The van der Waals surface area contributed by atoms with Crippen molar-refractivity contribution < 1.29 is 55.0 Å². The number of alkyl halides is 6. The van der Waals surface area contributed by atoms with Crippen molar-refractivity contribution in [2.24, 2.45) is 0 Å². The molecule has 0 unspecified atom stereocenters. The van der Waals surface area contributed by atoms with Crippen molar-refractivity contribution in [1.29, 1.82) is 10.5 Å². The quantitative estimate of drug-likeness (QED) is 0.0356. The number of halogens is 6. The first kappa shape index (κ1) is 61.5. The predicted octanol–water partition coefficient (Wildman–Crippen LogP) is 12.8. The Hall–Kier alpha value is -7.68. The highest BCUT2D eigenvalue weighted by atomic mass is 19.4. The number of nitriles is 2. The fourth-order valence-electron chi connectivity index (χ4n) is 9.88. The van der Waals surface area contributed by atoms with E-state index in [1.165, 1.54) is 47.9 Å². The Morgan fingerprint density at radius 2 is 0.850 bits per heavy atom. The Morgan fingerprint density at radius 1 is 0.525 bits per heavy atom. The molecule has 0 bridgehead atoms.